The molecular weight excluding hydrogens is 342 g/mol. The van der Waals surface area contributed by atoms with Crippen LogP contribution in [0.15, 0.2) is 42.6 Å². The van der Waals surface area contributed by atoms with E-state index in [4.69, 9.17) is 0 Å². The molecule has 2 N–H and O–H groups in total. The second-order valence-electron chi connectivity index (χ2n) is 6.07. The van der Waals surface area contributed by atoms with Crippen molar-refractivity contribution in [3.8, 4) is 0 Å². The van der Waals surface area contributed by atoms with E-state index in [-0.39, 0.29) is 29.2 Å². The van der Waals surface area contributed by atoms with Crippen LogP contribution in [0, 0.1) is 11.6 Å². The largest absolute Gasteiger partial charge is 0.347 e. The molecule has 0 atom stereocenters. The Hall–Kier alpha value is -3.29. The standard InChI is InChI=1S/C18H14F2N4O2/c19-10-4-7-13(12(20)9-10)22-17(25)15-14-3-1-2-8-24(14)16(23-15)18(26)21-11-5-6-11/h1-4,7-9,11H,5-6H2,(H,21,26)(H,22,25). The van der Waals surface area contributed by atoms with Gasteiger partial charge in [0.25, 0.3) is 11.8 Å². The minimum Gasteiger partial charge on any atom is -0.347 e. The van der Waals surface area contributed by atoms with Crippen LogP contribution in [0.3, 0.4) is 0 Å². The van der Waals surface area contributed by atoms with Crippen LogP contribution in [0.1, 0.15) is 33.9 Å². The molecule has 26 heavy (non-hydrogen) atoms. The molecule has 1 saturated carbocycles. The molecule has 0 aliphatic heterocycles. The Balaban J connectivity index is 1.69. The van der Waals surface area contributed by atoms with Crippen molar-refractivity contribution < 1.29 is 18.4 Å². The molecule has 8 heteroatoms. The summed E-state index contributed by atoms with van der Waals surface area (Å²) in [5, 5.41) is 5.19. The van der Waals surface area contributed by atoms with Crippen LogP contribution in [-0.4, -0.2) is 27.2 Å². The Morgan fingerprint density at radius 2 is 1.92 bits per heavy atom. The number of anilines is 1. The van der Waals surface area contributed by atoms with Crippen molar-refractivity contribution in [3.05, 3.63) is 65.7 Å². The predicted molar refractivity (Wildman–Crippen MR) is 90.0 cm³/mol. The van der Waals surface area contributed by atoms with E-state index < -0.39 is 17.5 Å². The third-order valence-corrected chi connectivity index (χ3v) is 4.06. The highest BCUT2D eigenvalue weighted by atomic mass is 19.1. The summed E-state index contributed by atoms with van der Waals surface area (Å²) in [6, 6.07) is 8.04. The molecule has 0 radical (unpaired) electrons. The lowest BCUT2D eigenvalue weighted by molar-refractivity contribution is 0.0940. The van der Waals surface area contributed by atoms with E-state index in [0.29, 0.717) is 11.6 Å². The Labute approximate surface area is 146 Å². The van der Waals surface area contributed by atoms with Crippen molar-refractivity contribution in [3.63, 3.8) is 0 Å². The number of carbonyl (C=O) groups excluding carboxylic acids is 2. The number of aromatic nitrogens is 2. The Bertz CT molecular complexity index is 1030. The van der Waals surface area contributed by atoms with Crippen LogP contribution in [0.2, 0.25) is 0 Å². The van der Waals surface area contributed by atoms with E-state index in [1.165, 1.54) is 4.40 Å². The second kappa shape index (κ2) is 6.21. The van der Waals surface area contributed by atoms with Gasteiger partial charge in [0.15, 0.2) is 5.69 Å². The van der Waals surface area contributed by atoms with E-state index in [0.717, 1.165) is 25.0 Å². The van der Waals surface area contributed by atoms with Crippen molar-refractivity contribution in [1.29, 1.82) is 0 Å². The molecule has 0 unspecified atom stereocenters. The van der Waals surface area contributed by atoms with E-state index in [1.54, 1.807) is 24.4 Å². The van der Waals surface area contributed by atoms with Gasteiger partial charge in [-0.3, -0.25) is 14.0 Å². The number of fused-ring (bicyclic) bond motifs is 1. The Morgan fingerprint density at radius 1 is 1.12 bits per heavy atom. The van der Waals surface area contributed by atoms with E-state index in [9.17, 15) is 18.4 Å². The topological polar surface area (TPSA) is 75.5 Å². The molecule has 0 saturated heterocycles. The maximum atomic E-state index is 13.8. The molecule has 1 aliphatic rings. The smallest absolute Gasteiger partial charge is 0.287 e. The van der Waals surface area contributed by atoms with E-state index in [2.05, 4.69) is 15.6 Å². The highest BCUT2D eigenvalue weighted by Gasteiger charge is 2.27. The van der Waals surface area contributed by atoms with Gasteiger partial charge in [-0.2, -0.15) is 0 Å². The SMILES string of the molecule is O=C(Nc1ccc(F)cc1F)c1nc(C(=O)NC2CC2)n2ccccc12. The Morgan fingerprint density at radius 3 is 2.65 bits per heavy atom. The number of halogens is 2. The first-order valence-corrected chi connectivity index (χ1v) is 8.07. The van der Waals surface area contributed by atoms with Crippen LogP contribution in [0.4, 0.5) is 14.5 Å². The van der Waals surface area contributed by atoms with Crippen LogP contribution in [0.5, 0.6) is 0 Å². The van der Waals surface area contributed by atoms with Crippen molar-refractivity contribution in [2.24, 2.45) is 0 Å². The van der Waals surface area contributed by atoms with Gasteiger partial charge < -0.3 is 10.6 Å². The maximum Gasteiger partial charge on any atom is 0.287 e. The van der Waals surface area contributed by atoms with Crippen LogP contribution >= 0.6 is 0 Å². The van der Waals surface area contributed by atoms with Crippen molar-refractivity contribution in [1.82, 2.24) is 14.7 Å². The lowest BCUT2D eigenvalue weighted by Crippen LogP contribution is -2.27. The molecular formula is C18H14F2N4O2. The summed E-state index contributed by atoms with van der Waals surface area (Å²) < 4.78 is 28.3. The Kier molecular flexibility index (Phi) is 3.87. The zero-order valence-corrected chi connectivity index (χ0v) is 13.5. The first kappa shape index (κ1) is 16.2. The van der Waals surface area contributed by atoms with Gasteiger partial charge in [-0.25, -0.2) is 13.8 Å². The molecule has 1 aromatic carbocycles. The number of rotatable bonds is 4. The number of nitrogens with one attached hydrogen (secondary N) is 2. The average Bonchev–Trinajstić information content (AvgIpc) is 3.34. The lowest BCUT2D eigenvalue weighted by Gasteiger charge is -2.05. The normalized spacial score (nSPS) is 13.6. The molecule has 132 valence electrons. The second-order valence-corrected chi connectivity index (χ2v) is 6.07. The van der Waals surface area contributed by atoms with Gasteiger partial charge in [-0.1, -0.05) is 6.07 Å². The van der Waals surface area contributed by atoms with Gasteiger partial charge in [-0.05, 0) is 37.1 Å². The summed E-state index contributed by atoms with van der Waals surface area (Å²) in [5.74, 6) is -2.62. The summed E-state index contributed by atoms with van der Waals surface area (Å²) in [4.78, 5) is 29.1. The van der Waals surface area contributed by atoms with Gasteiger partial charge in [-0.15, -0.1) is 0 Å². The molecule has 6 nitrogen and oxygen atoms in total. The number of benzene rings is 1. The summed E-state index contributed by atoms with van der Waals surface area (Å²) in [7, 11) is 0. The van der Waals surface area contributed by atoms with Crippen LogP contribution in [-0.2, 0) is 0 Å². The first-order valence-electron chi connectivity index (χ1n) is 8.07. The highest BCUT2D eigenvalue weighted by Crippen LogP contribution is 2.21. The van der Waals surface area contributed by atoms with Crippen molar-refractivity contribution in [2.45, 2.75) is 18.9 Å². The third kappa shape index (κ3) is 3.01. The molecule has 1 fully saturated rings. The fourth-order valence-corrected chi connectivity index (χ4v) is 2.62. The van der Waals surface area contributed by atoms with E-state index >= 15 is 0 Å². The molecule has 0 spiro atoms. The maximum absolute atomic E-state index is 13.8. The minimum absolute atomic E-state index is 0.0183. The zero-order valence-electron chi connectivity index (χ0n) is 13.5. The minimum atomic E-state index is -0.895. The molecule has 0 bridgehead atoms. The number of hydrogen-bond donors (Lipinski definition) is 2. The van der Waals surface area contributed by atoms with Crippen LogP contribution < -0.4 is 10.6 Å². The average molecular weight is 356 g/mol. The van der Waals surface area contributed by atoms with E-state index in [1.807, 2.05) is 0 Å². The molecule has 3 aromatic rings. The summed E-state index contributed by atoms with van der Waals surface area (Å²) in [5.41, 5.74) is 0.223. The summed E-state index contributed by atoms with van der Waals surface area (Å²) in [6.07, 6.45) is 3.47. The van der Waals surface area contributed by atoms with Gasteiger partial charge in [0, 0.05) is 18.3 Å². The van der Waals surface area contributed by atoms with Crippen molar-refractivity contribution >= 4 is 23.0 Å². The van der Waals surface area contributed by atoms with Gasteiger partial charge in [0.1, 0.15) is 11.6 Å². The summed E-state index contributed by atoms with van der Waals surface area (Å²) in [6.45, 7) is 0. The van der Waals surface area contributed by atoms with Crippen LogP contribution in [0.25, 0.3) is 5.52 Å². The number of amides is 2. The summed E-state index contributed by atoms with van der Waals surface area (Å²) >= 11 is 0. The molecule has 4 rings (SSSR count). The van der Waals surface area contributed by atoms with Gasteiger partial charge >= 0.3 is 0 Å². The molecule has 2 aromatic heterocycles. The molecule has 2 heterocycles. The van der Waals surface area contributed by atoms with Gasteiger partial charge in [0.05, 0.1) is 11.2 Å². The number of nitrogens with zero attached hydrogens (tertiary/aromatic N) is 2. The quantitative estimate of drug-likeness (QED) is 0.755. The first-order chi connectivity index (χ1) is 12.5. The lowest BCUT2D eigenvalue weighted by atomic mass is 10.2. The zero-order chi connectivity index (χ0) is 18.3. The predicted octanol–water partition coefficient (Wildman–Crippen LogP) is 2.76. The molecule has 1 aliphatic carbocycles. The number of hydrogen-bond acceptors (Lipinski definition) is 3. The van der Waals surface area contributed by atoms with Gasteiger partial charge in [0.2, 0.25) is 5.82 Å². The monoisotopic (exact) mass is 356 g/mol. The fraction of sp³-hybridized carbons (Fsp3) is 0.167. The number of carbonyl (C=O) groups is 2. The van der Waals surface area contributed by atoms with Crippen molar-refractivity contribution in [2.75, 3.05) is 5.32 Å². The molecule has 2 amide bonds. The number of pyridine rings is 1. The fourth-order valence-electron chi connectivity index (χ4n) is 2.62. The number of imidazole rings is 1. The third-order valence-electron chi connectivity index (χ3n) is 4.06. The highest BCUT2D eigenvalue weighted by molar-refractivity contribution is 6.09.